The van der Waals surface area contributed by atoms with Crippen LogP contribution in [0.4, 0.5) is 5.69 Å². The molecule has 0 aliphatic rings. The van der Waals surface area contributed by atoms with Gasteiger partial charge in [-0.3, -0.25) is 14.2 Å². The molecule has 28 heavy (non-hydrogen) atoms. The zero-order valence-corrected chi connectivity index (χ0v) is 15.5. The number of para-hydroxylation sites is 2. The van der Waals surface area contributed by atoms with Crippen molar-refractivity contribution in [1.82, 2.24) is 14.9 Å². The first-order valence-electron chi connectivity index (χ1n) is 9.03. The smallest absolute Gasteiger partial charge is 0.297 e. The van der Waals surface area contributed by atoms with E-state index in [0.717, 1.165) is 11.1 Å². The summed E-state index contributed by atoms with van der Waals surface area (Å²) in [5.74, 6) is -0.249. The minimum absolute atomic E-state index is 0.103. The molecular formula is C21H20N4O3. The number of amides is 1. The SMILES string of the molecule is CN(CCNC(=O)Cn1cnc2c(oc3ccccc32)c1=O)c1ccccc1. The van der Waals surface area contributed by atoms with Crippen molar-refractivity contribution in [3.63, 3.8) is 0 Å². The van der Waals surface area contributed by atoms with E-state index in [4.69, 9.17) is 4.42 Å². The molecule has 2 heterocycles. The lowest BCUT2D eigenvalue weighted by Gasteiger charge is -2.19. The van der Waals surface area contributed by atoms with Gasteiger partial charge in [-0.2, -0.15) is 0 Å². The van der Waals surface area contributed by atoms with Gasteiger partial charge in [0.05, 0.1) is 6.33 Å². The minimum Gasteiger partial charge on any atom is -0.448 e. The molecule has 0 aliphatic heterocycles. The molecule has 7 nitrogen and oxygen atoms in total. The summed E-state index contributed by atoms with van der Waals surface area (Å²) in [6, 6.07) is 17.3. The third-order valence-corrected chi connectivity index (χ3v) is 4.63. The summed E-state index contributed by atoms with van der Waals surface area (Å²) in [6.07, 6.45) is 1.39. The molecule has 2 aromatic carbocycles. The molecule has 0 fully saturated rings. The van der Waals surface area contributed by atoms with E-state index in [9.17, 15) is 9.59 Å². The largest absolute Gasteiger partial charge is 0.448 e. The molecule has 1 amide bonds. The van der Waals surface area contributed by atoms with Crippen molar-refractivity contribution in [2.75, 3.05) is 25.0 Å². The van der Waals surface area contributed by atoms with Crippen LogP contribution in [-0.4, -0.2) is 35.6 Å². The van der Waals surface area contributed by atoms with Gasteiger partial charge in [0.2, 0.25) is 11.5 Å². The van der Waals surface area contributed by atoms with E-state index in [2.05, 4.69) is 15.2 Å². The van der Waals surface area contributed by atoms with E-state index in [1.54, 1.807) is 6.07 Å². The summed E-state index contributed by atoms with van der Waals surface area (Å²) in [5.41, 5.74) is 2.00. The zero-order valence-electron chi connectivity index (χ0n) is 15.5. The Hall–Kier alpha value is -3.61. The molecule has 0 unspecified atom stereocenters. The normalized spacial score (nSPS) is 11.0. The maximum atomic E-state index is 12.6. The maximum Gasteiger partial charge on any atom is 0.297 e. The number of fused-ring (bicyclic) bond motifs is 3. The molecule has 0 radical (unpaired) electrons. The van der Waals surface area contributed by atoms with Gasteiger partial charge < -0.3 is 14.6 Å². The van der Waals surface area contributed by atoms with Gasteiger partial charge >= 0.3 is 0 Å². The number of nitrogens with zero attached hydrogens (tertiary/aromatic N) is 3. The number of likely N-dealkylation sites (N-methyl/N-ethyl adjacent to an activating group) is 1. The Morgan fingerprint density at radius 1 is 1.14 bits per heavy atom. The van der Waals surface area contributed by atoms with Crippen LogP contribution in [0.25, 0.3) is 22.1 Å². The quantitative estimate of drug-likeness (QED) is 0.559. The van der Waals surface area contributed by atoms with E-state index in [0.29, 0.717) is 24.2 Å². The van der Waals surface area contributed by atoms with Crippen molar-refractivity contribution in [2.24, 2.45) is 0 Å². The van der Waals surface area contributed by atoms with Crippen LogP contribution in [0, 0.1) is 0 Å². The summed E-state index contributed by atoms with van der Waals surface area (Å²) in [4.78, 5) is 31.2. The minimum atomic E-state index is -0.363. The molecule has 2 aromatic heterocycles. The van der Waals surface area contributed by atoms with Gasteiger partial charge in [0.15, 0.2) is 0 Å². The highest BCUT2D eigenvalue weighted by Crippen LogP contribution is 2.23. The second-order valence-corrected chi connectivity index (χ2v) is 6.56. The predicted octanol–water partition coefficient (Wildman–Crippen LogP) is 2.40. The molecule has 0 bridgehead atoms. The average Bonchev–Trinajstić information content (AvgIpc) is 3.10. The number of aromatic nitrogens is 2. The van der Waals surface area contributed by atoms with Crippen molar-refractivity contribution in [1.29, 1.82) is 0 Å². The third-order valence-electron chi connectivity index (χ3n) is 4.63. The Kier molecular flexibility index (Phi) is 4.80. The number of hydrogen-bond acceptors (Lipinski definition) is 5. The van der Waals surface area contributed by atoms with Crippen molar-refractivity contribution >= 4 is 33.7 Å². The van der Waals surface area contributed by atoms with Gasteiger partial charge in [-0.05, 0) is 24.3 Å². The van der Waals surface area contributed by atoms with Crippen molar-refractivity contribution < 1.29 is 9.21 Å². The Bertz CT molecular complexity index is 1180. The molecule has 0 saturated carbocycles. The Morgan fingerprint density at radius 3 is 2.71 bits per heavy atom. The van der Waals surface area contributed by atoms with Crippen LogP contribution in [0.2, 0.25) is 0 Å². The lowest BCUT2D eigenvalue weighted by atomic mass is 10.2. The Labute approximate surface area is 161 Å². The van der Waals surface area contributed by atoms with Crippen molar-refractivity contribution in [2.45, 2.75) is 6.54 Å². The standard InChI is InChI=1S/C21H20N4O3/c1-24(15-7-3-2-4-8-15)12-11-22-18(26)13-25-14-23-19-16-9-5-6-10-17(16)28-20(19)21(25)27/h2-10,14H,11-13H2,1H3,(H,22,26). The fraction of sp³-hybridized carbons (Fsp3) is 0.190. The topological polar surface area (TPSA) is 80.4 Å². The van der Waals surface area contributed by atoms with Crippen LogP contribution in [0.3, 0.4) is 0 Å². The molecule has 1 N–H and O–H groups in total. The molecule has 0 aliphatic carbocycles. The maximum absolute atomic E-state index is 12.6. The van der Waals surface area contributed by atoms with Crippen LogP contribution < -0.4 is 15.8 Å². The molecular weight excluding hydrogens is 356 g/mol. The first-order valence-corrected chi connectivity index (χ1v) is 9.03. The molecule has 0 atom stereocenters. The molecule has 0 saturated heterocycles. The monoisotopic (exact) mass is 376 g/mol. The molecule has 4 aromatic rings. The number of anilines is 1. The fourth-order valence-electron chi connectivity index (χ4n) is 3.11. The molecule has 0 spiro atoms. The lowest BCUT2D eigenvalue weighted by molar-refractivity contribution is -0.121. The highest BCUT2D eigenvalue weighted by Gasteiger charge is 2.14. The van der Waals surface area contributed by atoms with Gasteiger partial charge in [0, 0.05) is 31.2 Å². The lowest BCUT2D eigenvalue weighted by Crippen LogP contribution is -2.36. The first kappa shape index (κ1) is 17.8. The van der Waals surface area contributed by atoms with Gasteiger partial charge in [0.25, 0.3) is 5.56 Å². The number of hydrogen-bond donors (Lipinski definition) is 1. The number of nitrogens with one attached hydrogen (secondary N) is 1. The number of benzene rings is 2. The molecule has 7 heteroatoms. The Balaban J connectivity index is 1.42. The van der Waals surface area contributed by atoms with E-state index in [1.807, 2.05) is 55.6 Å². The first-order chi connectivity index (χ1) is 13.6. The highest BCUT2D eigenvalue weighted by molar-refractivity contribution is 6.01. The van der Waals surface area contributed by atoms with Gasteiger partial charge in [-0.25, -0.2) is 4.98 Å². The fourth-order valence-corrected chi connectivity index (χ4v) is 3.11. The summed E-state index contributed by atoms with van der Waals surface area (Å²) < 4.78 is 6.90. The Morgan fingerprint density at radius 2 is 1.89 bits per heavy atom. The second-order valence-electron chi connectivity index (χ2n) is 6.56. The van der Waals surface area contributed by atoms with E-state index in [-0.39, 0.29) is 23.6 Å². The van der Waals surface area contributed by atoms with Crippen molar-refractivity contribution in [3.8, 4) is 0 Å². The predicted molar refractivity (Wildman–Crippen MR) is 108 cm³/mol. The summed E-state index contributed by atoms with van der Waals surface area (Å²) in [6.45, 7) is 1.03. The van der Waals surface area contributed by atoms with Crippen molar-refractivity contribution in [3.05, 3.63) is 71.3 Å². The van der Waals surface area contributed by atoms with E-state index in [1.165, 1.54) is 10.9 Å². The van der Waals surface area contributed by atoms with E-state index < -0.39 is 0 Å². The van der Waals surface area contributed by atoms with Crippen LogP contribution in [0.1, 0.15) is 0 Å². The van der Waals surface area contributed by atoms with E-state index >= 15 is 0 Å². The number of carbonyl (C=O) groups excluding carboxylic acids is 1. The van der Waals surface area contributed by atoms with Gasteiger partial charge in [-0.1, -0.05) is 30.3 Å². The van der Waals surface area contributed by atoms with Crippen LogP contribution in [-0.2, 0) is 11.3 Å². The summed E-state index contributed by atoms with van der Waals surface area (Å²) in [7, 11) is 1.96. The number of rotatable bonds is 6. The highest BCUT2D eigenvalue weighted by atomic mass is 16.3. The summed E-state index contributed by atoms with van der Waals surface area (Å²) in [5, 5.41) is 3.62. The van der Waals surface area contributed by atoms with Crippen LogP contribution in [0.15, 0.2) is 70.1 Å². The van der Waals surface area contributed by atoms with Crippen LogP contribution in [0.5, 0.6) is 0 Å². The van der Waals surface area contributed by atoms with Crippen LogP contribution >= 0.6 is 0 Å². The second kappa shape index (κ2) is 7.56. The average molecular weight is 376 g/mol. The number of carbonyl (C=O) groups is 1. The zero-order chi connectivity index (χ0) is 19.5. The number of furan rings is 1. The molecule has 4 rings (SSSR count). The summed E-state index contributed by atoms with van der Waals surface area (Å²) >= 11 is 0. The third kappa shape index (κ3) is 3.46. The molecule has 142 valence electrons. The van der Waals surface area contributed by atoms with Gasteiger partial charge in [0.1, 0.15) is 17.6 Å². The van der Waals surface area contributed by atoms with Gasteiger partial charge in [-0.15, -0.1) is 0 Å².